The van der Waals surface area contributed by atoms with Crippen LogP contribution in [0.15, 0.2) is 0 Å². The molecule has 0 aromatic carbocycles. The van der Waals surface area contributed by atoms with Crippen LogP contribution in [0.4, 0.5) is 8.78 Å². The predicted molar refractivity (Wildman–Crippen MR) is 54.7 cm³/mol. The molecule has 1 unspecified atom stereocenters. The van der Waals surface area contributed by atoms with Crippen LogP contribution >= 0.6 is 0 Å². The summed E-state index contributed by atoms with van der Waals surface area (Å²) in [4.78, 5) is 0. The lowest BCUT2D eigenvalue weighted by molar-refractivity contribution is -0.0553. The van der Waals surface area contributed by atoms with Gasteiger partial charge in [0.15, 0.2) is 0 Å². The van der Waals surface area contributed by atoms with Crippen molar-refractivity contribution < 1.29 is 8.78 Å². The van der Waals surface area contributed by atoms with Gasteiger partial charge in [-0.25, -0.2) is 8.78 Å². The largest absolute Gasteiger partial charge is 0.309 e. The van der Waals surface area contributed by atoms with E-state index in [1.807, 2.05) is 13.8 Å². The molecular weight excluding hydrogens is 184 g/mol. The summed E-state index contributed by atoms with van der Waals surface area (Å²) in [6.45, 7) is 4.45. The third-order valence-corrected chi connectivity index (χ3v) is 2.75. The van der Waals surface area contributed by atoms with Crippen molar-refractivity contribution in [1.82, 2.24) is 5.32 Å². The Bertz CT molecular complexity index is 161. The first-order chi connectivity index (χ1) is 6.52. The van der Waals surface area contributed by atoms with Gasteiger partial charge in [-0.15, -0.1) is 0 Å². The van der Waals surface area contributed by atoms with Gasteiger partial charge in [0.2, 0.25) is 0 Å². The van der Waals surface area contributed by atoms with Crippen molar-refractivity contribution in [2.75, 3.05) is 6.54 Å². The molecule has 84 valence electrons. The van der Waals surface area contributed by atoms with Gasteiger partial charge in [0.05, 0.1) is 6.04 Å². The first-order valence-corrected chi connectivity index (χ1v) is 5.63. The van der Waals surface area contributed by atoms with Crippen LogP contribution in [0.3, 0.4) is 0 Å². The Morgan fingerprint density at radius 1 is 1.29 bits per heavy atom. The zero-order valence-corrected chi connectivity index (χ0v) is 9.15. The van der Waals surface area contributed by atoms with Crippen molar-refractivity contribution in [2.45, 2.75) is 57.9 Å². The monoisotopic (exact) mass is 205 g/mol. The van der Waals surface area contributed by atoms with E-state index in [0.717, 1.165) is 25.8 Å². The van der Waals surface area contributed by atoms with E-state index in [4.69, 9.17) is 0 Å². The number of alkyl halides is 2. The maximum atomic E-state index is 13.7. The molecular formula is C11H21F2N. The Morgan fingerprint density at radius 2 is 2.00 bits per heavy atom. The molecule has 0 aromatic rings. The van der Waals surface area contributed by atoms with E-state index < -0.39 is 12.0 Å². The van der Waals surface area contributed by atoms with Gasteiger partial charge in [-0.2, -0.15) is 0 Å². The molecule has 1 aliphatic rings. The van der Waals surface area contributed by atoms with Crippen molar-refractivity contribution in [3.05, 3.63) is 0 Å². The average molecular weight is 205 g/mol. The lowest BCUT2D eigenvalue weighted by atomic mass is 9.96. The maximum absolute atomic E-state index is 13.7. The summed E-state index contributed by atoms with van der Waals surface area (Å²) in [7, 11) is 0. The topological polar surface area (TPSA) is 12.0 Å². The van der Waals surface area contributed by atoms with Crippen LogP contribution in [-0.4, -0.2) is 18.5 Å². The van der Waals surface area contributed by atoms with E-state index >= 15 is 0 Å². The van der Waals surface area contributed by atoms with E-state index in [1.165, 1.54) is 0 Å². The van der Waals surface area contributed by atoms with Crippen LogP contribution in [0.25, 0.3) is 0 Å². The van der Waals surface area contributed by atoms with Crippen molar-refractivity contribution in [3.8, 4) is 0 Å². The van der Waals surface area contributed by atoms with Crippen LogP contribution < -0.4 is 5.32 Å². The van der Waals surface area contributed by atoms with Gasteiger partial charge in [0.1, 0.15) is 0 Å². The van der Waals surface area contributed by atoms with Crippen LogP contribution in [0.2, 0.25) is 0 Å². The summed E-state index contributed by atoms with van der Waals surface area (Å²) in [6, 6.07) is -0.590. The fourth-order valence-corrected chi connectivity index (χ4v) is 2.08. The predicted octanol–water partition coefficient (Wildman–Crippen LogP) is 3.20. The summed E-state index contributed by atoms with van der Waals surface area (Å²) in [6.07, 6.45) is 3.69. The number of hydrogen-bond acceptors (Lipinski definition) is 1. The Balaban J connectivity index is 2.50. The second kappa shape index (κ2) is 5.06. The third kappa shape index (κ3) is 3.52. The highest BCUT2D eigenvalue weighted by Crippen LogP contribution is 2.30. The number of rotatable bonds is 3. The first kappa shape index (κ1) is 11.9. The summed E-state index contributed by atoms with van der Waals surface area (Å²) in [5.74, 6) is -2.46. The van der Waals surface area contributed by atoms with E-state index in [1.54, 1.807) is 0 Å². The van der Waals surface area contributed by atoms with Gasteiger partial charge in [0.25, 0.3) is 5.92 Å². The molecule has 1 saturated heterocycles. The highest BCUT2D eigenvalue weighted by Gasteiger charge is 2.39. The third-order valence-electron chi connectivity index (χ3n) is 2.75. The second-order valence-corrected chi connectivity index (χ2v) is 4.72. The molecule has 14 heavy (non-hydrogen) atoms. The van der Waals surface area contributed by atoms with Gasteiger partial charge >= 0.3 is 0 Å². The molecule has 1 heterocycles. The fourth-order valence-electron chi connectivity index (χ4n) is 2.08. The van der Waals surface area contributed by atoms with Crippen molar-refractivity contribution in [2.24, 2.45) is 5.92 Å². The Kier molecular flexibility index (Phi) is 4.30. The Labute approximate surface area is 85.3 Å². The van der Waals surface area contributed by atoms with Gasteiger partial charge in [0, 0.05) is 6.42 Å². The van der Waals surface area contributed by atoms with Gasteiger partial charge in [-0.1, -0.05) is 26.7 Å². The summed E-state index contributed by atoms with van der Waals surface area (Å²) >= 11 is 0. The van der Waals surface area contributed by atoms with Crippen molar-refractivity contribution in [1.29, 1.82) is 0 Å². The normalized spacial score (nSPS) is 25.1. The highest BCUT2D eigenvalue weighted by molar-refractivity contribution is 4.85. The zero-order valence-electron chi connectivity index (χ0n) is 9.15. The Hall–Kier alpha value is -0.180. The van der Waals surface area contributed by atoms with Gasteiger partial charge in [-0.3, -0.25) is 0 Å². The molecule has 1 atom stereocenters. The van der Waals surface area contributed by atoms with Crippen LogP contribution in [0.5, 0.6) is 0 Å². The summed E-state index contributed by atoms with van der Waals surface area (Å²) in [5, 5.41) is 2.98. The SMILES string of the molecule is CC(C)CC(F)(F)C1CCCCCN1. The molecule has 0 spiro atoms. The first-order valence-electron chi connectivity index (χ1n) is 5.63. The number of halogens is 2. The lowest BCUT2D eigenvalue weighted by Gasteiger charge is -2.28. The van der Waals surface area contributed by atoms with E-state index in [2.05, 4.69) is 5.32 Å². The van der Waals surface area contributed by atoms with Gasteiger partial charge < -0.3 is 5.32 Å². The van der Waals surface area contributed by atoms with E-state index in [9.17, 15) is 8.78 Å². The molecule has 0 amide bonds. The van der Waals surface area contributed by atoms with Crippen molar-refractivity contribution >= 4 is 0 Å². The molecule has 1 N–H and O–H groups in total. The zero-order chi connectivity index (χ0) is 10.6. The van der Waals surface area contributed by atoms with Crippen molar-refractivity contribution in [3.63, 3.8) is 0 Å². The summed E-state index contributed by atoms with van der Waals surface area (Å²) < 4.78 is 27.4. The standard InChI is InChI=1S/C11H21F2N/c1-9(2)8-11(12,13)10-6-4-3-5-7-14-10/h9-10,14H,3-8H2,1-2H3. The molecule has 0 aliphatic carbocycles. The quantitative estimate of drug-likeness (QED) is 0.746. The molecule has 1 fully saturated rings. The molecule has 0 bridgehead atoms. The van der Waals surface area contributed by atoms with Crippen LogP contribution in [-0.2, 0) is 0 Å². The van der Waals surface area contributed by atoms with E-state index in [0.29, 0.717) is 6.42 Å². The minimum absolute atomic E-state index is 0.00463. The lowest BCUT2D eigenvalue weighted by Crippen LogP contribution is -2.45. The Morgan fingerprint density at radius 3 is 2.64 bits per heavy atom. The smallest absolute Gasteiger partial charge is 0.263 e. The number of hydrogen-bond donors (Lipinski definition) is 1. The highest BCUT2D eigenvalue weighted by atomic mass is 19.3. The second-order valence-electron chi connectivity index (χ2n) is 4.72. The molecule has 0 saturated carbocycles. The molecule has 3 heteroatoms. The molecule has 1 aliphatic heterocycles. The minimum atomic E-state index is -2.53. The van der Waals surface area contributed by atoms with Crippen LogP contribution in [0.1, 0.15) is 46.0 Å². The average Bonchev–Trinajstić information content (AvgIpc) is 2.28. The van der Waals surface area contributed by atoms with Gasteiger partial charge in [-0.05, 0) is 25.3 Å². The molecule has 0 aromatic heterocycles. The maximum Gasteiger partial charge on any atom is 0.263 e. The summed E-state index contributed by atoms with van der Waals surface area (Å²) in [5.41, 5.74) is 0. The molecule has 1 nitrogen and oxygen atoms in total. The molecule has 1 rings (SSSR count). The molecule has 0 radical (unpaired) electrons. The number of nitrogens with one attached hydrogen (secondary N) is 1. The van der Waals surface area contributed by atoms with Crippen LogP contribution in [0, 0.1) is 5.92 Å². The minimum Gasteiger partial charge on any atom is -0.309 e. The van der Waals surface area contributed by atoms with E-state index in [-0.39, 0.29) is 12.3 Å². The fraction of sp³-hybridized carbons (Fsp3) is 1.00.